The van der Waals surface area contributed by atoms with Crippen molar-refractivity contribution >= 4 is 41.7 Å². The quantitative estimate of drug-likeness (QED) is 0.730. The zero-order valence-corrected chi connectivity index (χ0v) is 12.9. The summed E-state index contributed by atoms with van der Waals surface area (Å²) in [7, 11) is -2.88. The molecule has 0 bridgehead atoms. The lowest BCUT2D eigenvalue weighted by Crippen LogP contribution is -2.10. The van der Waals surface area contributed by atoms with Gasteiger partial charge in [0.25, 0.3) is 0 Å². The molecule has 2 atom stereocenters. The fourth-order valence-electron chi connectivity index (χ4n) is 2.01. The molecule has 0 amide bonds. The second-order valence-corrected chi connectivity index (χ2v) is 8.31. The molecule has 2 nitrogen and oxygen atoms in total. The smallest absolute Gasteiger partial charge is 0.150 e. The van der Waals surface area contributed by atoms with Crippen LogP contribution in [0.3, 0.4) is 0 Å². The Hall–Kier alpha value is 0.0600. The molecule has 0 aliphatic carbocycles. The fraction of sp³-hybridized carbons (Fsp3) is 0.455. The van der Waals surface area contributed by atoms with E-state index >= 15 is 0 Å². The summed E-state index contributed by atoms with van der Waals surface area (Å²) in [5.41, 5.74) is 0.903. The van der Waals surface area contributed by atoms with Crippen molar-refractivity contribution in [3.8, 4) is 0 Å². The van der Waals surface area contributed by atoms with E-state index in [4.69, 9.17) is 0 Å². The number of rotatable bonds is 2. The van der Waals surface area contributed by atoms with Crippen LogP contribution in [0.25, 0.3) is 0 Å². The molecule has 94 valence electrons. The summed E-state index contributed by atoms with van der Waals surface area (Å²) < 4.78 is 36.3. The summed E-state index contributed by atoms with van der Waals surface area (Å²) in [5, 5.41) is 0. The second kappa shape index (κ2) is 4.97. The standard InChI is InChI=1S/C11H11Br2FO2S/c12-9-5-7(1-2-10(9)14)11(13)8-3-4-17(15,16)6-8/h1-2,5,8,11H,3-4,6H2. The van der Waals surface area contributed by atoms with E-state index in [9.17, 15) is 12.8 Å². The number of alkyl halides is 1. The topological polar surface area (TPSA) is 34.1 Å². The lowest BCUT2D eigenvalue weighted by Gasteiger charge is -2.16. The maximum atomic E-state index is 13.1. The molecule has 1 aliphatic heterocycles. The summed E-state index contributed by atoms with van der Waals surface area (Å²) in [6.07, 6.45) is 0.660. The molecule has 1 saturated heterocycles. The summed E-state index contributed by atoms with van der Waals surface area (Å²) in [6.45, 7) is 0. The van der Waals surface area contributed by atoms with Gasteiger partial charge in [-0.15, -0.1) is 0 Å². The van der Waals surface area contributed by atoms with Gasteiger partial charge < -0.3 is 0 Å². The number of hydrogen-bond acceptors (Lipinski definition) is 2. The first-order chi connectivity index (χ1) is 7.89. The van der Waals surface area contributed by atoms with Crippen molar-refractivity contribution < 1.29 is 12.8 Å². The lowest BCUT2D eigenvalue weighted by atomic mass is 9.99. The first kappa shape index (κ1) is 13.5. The van der Waals surface area contributed by atoms with E-state index in [1.54, 1.807) is 12.1 Å². The van der Waals surface area contributed by atoms with Gasteiger partial charge in [0.15, 0.2) is 9.84 Å². The molecule has 1 aromatic carbocycles. The molecule has 1 aromatic rings. The number of sulfone groups is 1. The lowest BCUT2D eigenvalue weighted by molar-refractivity contribution is 0.577. The molecule has 17 heavy (non-hydrogen) atoms. The van der Waals surface area contributed by atoms with Gasteiger partial charge in [-0.3, -0.25) is 0 Å². The molecule has 1 fully saturated rings. The van der Waals surface area contributed by atoms with Crippen LogP contribution >= 0.6 is 31.9 Å². The molecule has 0 spiro atoms. The maximum absolute atomic E-state index is 13.1. The Morgan fingerprint density at radius 1 is 1.41 bits per heavy atom. The minimum atomic E-state index is -2.88. The van der Waals surface area contributed by atoms with E-state index in [1.165, 1.54) is 6.07 Å². The van der Waals surface area contributed by atoms with Crippen LogP contribution in [-0.4, -0.2) is 19.9 Å². The first-order valence-electron chi connectivity index (χ1n) is 5.18. The highest BCUT2D eigenvalue weighted by atomic mass is 79.9. The molecular formula is C11H11Br2FO2S. The van der Waals surface area contributed by atoms with Crippen LogP contribution < -0.4 is 0 Å². The Morgan fingerprint density at radius 3 is 2.65 bits per heavy atom. The molecule has 0 N–H and O–H groups in total. The molecule has 2 unspecified atom stereocenters. The second-order valence-electron chi connectivity index (χ2n) is 4.24. The Bertz CT molecular complexity index is 530. The molecule has 0 aromatic heterocycles. The normalized spacial score (nSPS) is 24.8. The van der Waals surface area contributed by atoms with E-state index in [1.807, 2.05) is 0 Å². The van der Waals surface area contributed by atoms with Gasteiger partial charge in [0.2, 0.25) is 0 Å². The average molecular weight is 386 g/mol. The van der Waals surface area contributed by atoms with Crippen molar-refractivity contribution in [1.29, 1.82) is 0 Å². The van der Waals surface area contributed by atoms with Crippen LogP contribution in [0.2, 0.25) is 0 Å². The average Bonchev–Trinajstić information content (AvgIpc) is 2.62. The minimum absolute atomic E-state index is 0.0447. The van der Waals surface area contributed by atoms with Gasteiger partial charge in [-0.05, 0) is 46.0 Å². The predicted molar refractivity (Wildman–Crippen MR) is 72.5 cm³/mol. The monoisotopic (exact) mass is 384 g/mol. The molecular weight excluding hydrogens is 375 g/mol. The zero-order chi connectivity index (χ0) is 12.6. The van der Waals surface area contributed by atoms with Crippen LogP contribution in [0.15, 0.2) is 22.7 Å². The van der Waals surface area contributed by atoms with Gasteiger partial charge in [0, 0.05) is 4.83 Å². The van der Waals surface area contributed by atoms with Crippen LogP contribution in [0.4, 0.5) is 4.39 Å². The third kappa shape index (κ3) is 3.09. The Kier molecular flexibility index (Phi) is 3.95. The van der Waals surface area contributed by atoms with Gasteiger partial charge in [0.05, 0.1) is 16.0 Å². The summed E-state index contributed by atoms with van der Waals surface area (Å²) in [4.78, 5) is -0.0447. The van der Waals surface area contributed by atoms with E-state index in [0.717, 1.165) is 5.56 Å². The van der Waals surface area contributed by atoms with Gasteiger partial charge in [0.1, 0.15) is 5.82 Å². The van der Waals surface area contributed by atoms with Gasteiger partial charge in [-0.1, -0.05) is 22.0 Å². The van der Waals surface area contributed by atoms with Crippen molar-refractivity contribution in [2.24, 2.45) is 5.92 Å². The van der Waals surface area contributed by atoms with Crippen LogP contribution in [0.1, 0.15) is 16.8 Å². The predicted octanol–water partition coefficient (Wildman–Crippen LogP) is 3.46. The molecule has 6 heteroatoms. The zero-order valence-electron chi connectivity index (χ0n) is 8.87. The van der Waals surface area contributed by atoms with Gasteiger partial charge in [-0.25, -0.2) is 12.8 Å². The van der Waals surface area contributed by atoms with Crippen LogP contribution in [0.5, 0.6) is 0 Å². The highest BCUT2D eigenvalue weighted by molar-refractivity contribution is 9.10. The largest absolute Gasteiger partial charge is 0.229 e. The van der Waals surface area contributed by atoms with E-state index in [-0.39, 0.29) is 28.1 Å². The summed E-state index contributed by atoms with van der Waals surface area (Å²) in [5.74, 6) is 0.213. The summed E-state index contributed by atoms with van der Waals surface area (Å²) >= 11 is 6.65. The van der Waals surface area contributed by atoms with E-state index in [0.29, 0.717) is 10.9 Å². The first-order valence-corrected chi connectivity index (χ1v) is 8.71. The fourth-order valence-corrected chi connectivity index (χ4v) is 5.23. The third-order valence-electron chi connectivity index (χ3n) is 2.94. The molecule has 1 aliphatic rings. The van der Waals surface area contributed by atoms with Crippen molar-refractivity contribution in [3.05, 3.63) is 34.1 Å². The van der Waals surface area contributed by atoms with Crippen LogP contribution in [-0.2, 0) is 9.84 Å². The van der Waals surface area contributed by atoms with Crippen molar-refractivity contribution in [2.45, 2.75) is 11.2 Å². The summed E-state index contributed by atoms with van der Waals surface area (Å²) in [6, 6.07) is 4.77. The number of hydrogen-bond donors (Lipinski definition) is 0. The van der Waals surface area contributed by atoms with Crippen LogP contribution in [0, 0.1) is 11.7 Å². The Morgan fingerprint density at radius 2 is 2.12 bits per heavy atom. The van der Waals surface area contributed by atoms with Crippen molar-refractivity contribution in [2.75, 3.05) is 11.5 Å². The Labute approximate surface area is 117 Å². The van der Waals surface area contributed by atoms with Gasteiger partial charge in [-0.2, -0.15) is 0 Å². The van der Waals surface area contributed by atoms with Crippen molar-refractivity contribution in [1.82, 2.24) is 0 Å². The molecule has 0 radical (unpaired) electrons. The molecule has 2 rings (SSSR count). The molecule has 0 saturated carbocycles. The minimum Gasteiger partial charge on any atom is -0.229 e. The van der Waals surface area contributed by atoms with E-state index < -0.39 is 9.84 Å². The third-order valence-corrected chi connectivity index (χ3v) is 6.62. The van der Waals surface area contributed by atoms with Gasteiger partial charge >= 0.3 is 0 Å². The SMILES string of the molecule is O=S1(=O)CCC(C(Br)c2ccc(F)c(Br)c2)C1. The Balaban J connectivity index is 2.20. The van der Waals surface area contributed by atoms with E-state index in [2.05, 4.69) is 31.9 Å². The highest BCUT2D eigenvalue weighted by Gasteiger charge is 2.33. The molecule has 1 heterocycles. The number of halogens is 3. The maximum Gasteiger partial charge on any atom is 0.150 e. The highest BCUT2D eigenvalue weighted by Crippen LogP contribution is 2.38. The number of benzene rings is 1. The van der Waals surface area contributed by atoms with Crippen molar-refractivity contribution in [3.63, 3.8) is 0 Å².